The van der Waals surface area contributed by atoms with Crippen molar-refractivity contribution in [3.63, 3.8) is 0 Å². The van der Waals surface area contributed by atoms with Gasteiger partial charge >= 0.3 is 0 Å². The fourth-order valence-electron chi connectivity index (χ4n) is 3.25. The molecule has 0 aliphatic heterocycles. The predicted octanol–water partition coefficient (Wildman–Crippen LogP) is 5.26. The number of pyridine rings is 2. The van der Waals surface area contributed by atoms with Gasteiger partial charge < -0.3 is 9.15 Å². The van der Waals surface area contributed by atoms with Gasteiger partial charge in [0.05, 0.1) is 5.69 Å². The van der Waals surface area contributed by atoms with Crippen LogP contribution in [0.4, 0.5) is 0 Å². The lowest BCUT2D eigenvalue weighted by atomic mass is 10.1. The van der Waals surface area contributed by atoms with Crippen LogP contribution >= 0.6 is 0 Å². The average molecular weight is 353 g/mol. The third-order valence-corrected chi connectivity index (χ3v) is 4.55. The van der Waals surface area contributed by atoms with Gasteiger partial charge in [-0.25, -0.2) is 9.55 Å². The number of ether oxygens (including phenoxy) is 1. The summed E-state index contributed by atoms with van der Waals surface area (Å²) in [5, 5.41) is 2.10. The van der Waals surface area contributed by atoms with Crippen LogP contribution in [-0.4, -0.2) is 4.98 Å². The van der Waals surface area contributed by atoms with Crippen LogP contribution in [0.1, 0.15) is 0 Å². The number of hydrogen-bond acceptors (Lipinski definition) is 3. The van der Waals surface area contributed by atoms with Gasteiger partial charge in [0, 0.05) is 28.5 Å². The van der Waals surface area contributed by atoms with Crippen LogP contribution in [0.2, 0.25) is 0 Å². The van der Waals surface area contributed by atoms with Crippen LogP contribution in [0.3, 0.4) is 0 Å². The third kappa shape index (κ3) is 2.81. The molecular formula is C23H17N2O2+. The lowest BCUT2D eigenvalue weighted by Crippen LogP contribution is -2.25. The van der Waals surface area contributed by atoms with Crippen molar-refractivity contribution in [3.8, 4) is 22.9 Å². The molecule has 0 N–H and O–H groups in total. The number of nitrogens with zero attached hydrogens (tertiary/aromatic N) is 2. The van der Waals surface area contributed by atoms with Gasteiger partial charge in [-0.2, -0.15) is 0 Å². The quantitative estimate of drug-likeness (QED) is 0.415. The molecule has 0 fully saturated rings. The highest BCUT2D eigenvalue weighted by Crippen LogP contribution is 2.36. The maximum absolute atomic E-state index is 6.10. The molecule has 0 amide bonds. The number of hydrogen-bond donors (Lipinski definition) is 0. The van der Waals surface area contributed by atoms with E-state index in [1.54, 1.807) is 0 Å². The lowest BCUT2D eigenvalue weighted by Gasteiger charge is -2.07. The minimum absolute atomic E-state index is 0.537. The first-order chi connectivity index (χ1) is 13.3. The number of para-hydroxylation sites is 1. The summed E-state index contributed by atoms with van der Waals surface area (Å²) in [4.78, 5) is 4.65. The molecule has 27 heavy (non-hydrogen) atoms. The fourth-order valence-corrected chi connectivity index (χ4v) is 3.25. The SMILES string of the molecule is C[n+]1ccc2c(c1)oc1c(Oc3cccc(-c4ccccc4)n3)cccc12. The number of rotatable bonds is 3. The van der Waals surface area contributed by atoms with E-state index in [0.29, 0.717) is 11.6 Å². The molecule has 0 unspecified atom stereocenters. The van der Waals surface area contributed by atoms with Crippen molar-refractivity contribution in [2.45, 2.75) is 0 Å². The average Bonchev–Trinajstić information content (AvgIpc) is 3.07. The summed E-state index contributed by atoms with van der Waals surface area (Å²) in [6, 6.07) is 23.8. The molecule has 4 heteroatoms. The zero-order chi connectivity index (χ0) is 18.2. The van der Waals surface area contributed by atoms with Crippen molar-refractivity contribution < 1.29 is 13.7 Å². The molecule has 0 bridgehead atoms. The fraction of sp³-hybridized carbons (Fsp3) is 0.0435. The number of benzene rings is 2. The Balaban J connectivity index is 1.58. The van der Waals surface area contributed by atoms with Crippen molar-refractivity contribution in [2.24, 2.45) is 7.05 Å². The monoisotopic (exact) mass is 353 g/mol. The molecule has 0 aliphatic rings. The first-order valence-electron chi connectivity index (χ1n) is 8.79. The molecule has 2 aromatic carbocycles. The maximum Gasteiger partial charge on any atom is 0.219 e. The zero-order valence-electron chi connectivity index (χ0n) is 14.8. The Hall–Kier alpha value is -3.66. The first-order valence-corrected chi connectivity index (χ1v) is 8.79. The Morgan fingerprint density at radius 1 is 0.852 bits per heavy atom. The van der Waals surface area contributed by atoms with E-state index in [2.05, 4.69) is 11.1 Å². The minimum atomic E-state index is 0.537. The minimum Gasteiger partial charge on any atom is -0.446 e. The highest BCUT2D eigenvalue weighted by atomic mass is 16.5. The van der Waals surface area contributed by atoms with Crippen LogP contribution in [-0.2, 0) is 7.05 Å². The van der Waals surface area contributed by atoms with Crippen molar-refractivity contribution in [1.82, 2.24) is 4.98 Å². The van der Waals surface area contributed by atoms with Gasteiger partial charge in [0.25, 0.3) is 0 Å². The number of aromatic nitrogens is 2. The molecule has 0 radical (unpaired) electrons. The van der Waals surface area contributed by atoms with Crippen molar-refractivity contribution in [3.05, 3.63) is 85.2 Å². The highest BCUT2D eigenvalue weighted by molar-refractivity contribution is 6.06. The molecule has 5 aromatic rings. The van der Waals surface area contributed by atoms with Crippen molar-refractivity contribution in [2.75, 3.05) is 0 Å². The number of fused-ring (bicyclic) bond motifs is 3. The maximum atomic E-state index is 6.10. The van der Waals surface area contributed by atoms with E-state index in [9.17, 15) is 0 Å². The first kappa shape index (κ1) is 15.6. The van der Waals surface area contributed by atoms with Gasteiger partial charge in [0.1, 0.15) is 7.05 Å². The molecule has 0 saturated heterocycles. The van der Waals surface area contributed by atoms with Gasteiger partial charge in [0.15, 0.2) is 23.1 Å². The highest BCUT2D eigenvalue weighted by Gasteiger charge is 2.14. The van der Waals surface area contributed by atoms with Crippen LogP contribution < -0.4 is 9.30 Å². The number of furan rings is 1. The second kappa shape index (κ2) is 6.25. The van der Waals surface area contributed by atoms with E-state index in [0.717, 1.165) is 33.2 Å². The molecule has 3 aromatic heterocycles. The Morgan fingerprint density at radius 2 is 1.70 bits per heavy atom. The van der Waals surface area contributed by atoms with E-state index < -0.39 is 0 Å². The summed E-state index contributed by atoms with van der Waals surface area (Å²) in [5.41, 5.74) is 3.48. The van der Waals surface area contributed by atoms with E-state index in [-0.39, 0.29) is 0 Å². The molecular weight excluding hydrogens is 336 g/mol. The summed E-state index contributed by atoms with van der Waals surface area (Å²) >= 11 is 0. The topological polar surface area (TPSA) is 39.1 Å². The van der Waals surface area contributed by atoms with Crippen LogP contribution in [0, 0.1) is 0 Å². The van der Waals surface area contributed by atoms with E-state index >= 15 is 0 Å². The van der Waals surface area contributed by atoms with Gasteiger partial charge in [-0.1, -0.05) is 48.5 Å². The molecule has 0 atom stereocenters. The standard InChI is InChI=1S/C23H17N2O2/c1-25-14-13-17-18-9-5-11-20(23(18)27-21(17)15-25)26-22-12-6-10-19(24-22)16-7-3-2-4-8-16/h2-15H,1H3/q+1. The molecule has 5 rings (SSSR count). The normalized spacial score (nSPS) is 11.1. The summed E-state index contributed by atoms with van der Waals surface area (Å²) in [6.07, 6.45) is 3.98. The van der Waals surface area contributed by atoms with Gasteiger partial charge in [-0.15, -0.1) is 0 Å². The molecule has 0 aliphatic carbocycles. The Labute approximate surface area is 156 Å². The molecule has 0 spiro atoms. The second-order valence-electron chi connectivity index (χ2n) is 6.45. The molecule has 130 valence electrons. The molecule has 3 heterocycles. The molecule has 4 nitrogen and oxygen atoms in total. The summed E-state index contributed by atoms with van der Waals surface area (Å²) < 4.78 is 14.1. The Bertz CT molecular complexity index is 1260. The number of aryl methyl sites for hydroxylation is 1. The van der Waals surface area contributed by atoms with Crippen molar-refractivity contribution >= 4 is 21.9 Å². The Morgan fingerprint density at radius 3 is 2.59 bits per heavy atom. The van der Waals surface area contributed by atoms with Gasteiger partial charge in [-0.3, -0.25) is 0 Å². The summed E-state index contributed by atoms with van der Waals surface area (Å²) in [6.45, 7) is 0. The summed E-state index contributed by atoms with van der Waals surface area (Å²) in [7, 11) is 1.98. The zero-order valence-corrected chi connectivity index (χ0v) is 14.8. The van der Waals surface area contributed by atoms with Crippen LogP contribution in [0.15, 0.2) is 89.6 Å². The van der Waals surface area contributed by atoms with Crippen molar-refractivity contribution in [1.29, 1.82) is 0 Å². The smallest absolute Gasteiger partial charge is 0.219 e. The van der Waals surface area contributed by atoms with Crippen LogP contribution in [0.5, 0.6) is 11.6 Å². The third-order valence-electron chi connectivity index (χ3n) is 4.55. The largest absolute Gasteiger partial charge is 0.446 e. The summed E-state index contributed by atoms with van der Waals surface area (Å²) in [5.74, 6) is 1.19. The molecule has 0 saturated carbocycles. The van der Waals surface area contributed by atoms with E-state index in [4.69, 9.17) is 9.15 Å². The van der Waals surface area contributed by atoms with Gasteiger partial charge in [-0.05, 0) is 12.1 Å². The Kier molecular flexibility index (Phi) is 3.61. The second-order valence-corrected chi connectivity index (χ2v) is 6.45. The predicted molar refractivity (Wildman–Crippen MR) is 105 cm³/mol. The lowest BCUT2D eigenvalue weighted by molar-refractivity contribution is -0.670. The van der Waals surface area contributed by atoms with E-state index in [1.165, 1.54) is 0 Å². The van der Waals surface area contributed by atoms with E-state index in [1.807, 2.05) is 90.7 Å². The van der Waals surface area contributed by atoms with Gasteiger partial charge in [0.2, 0.25) is 12.1 Å². The van der Waals surface area contributed by atoms with Crippen LogP contribution in [0.25, 0.3) is 33.2 Å².